The van der Waals surface area contributed by atoms with Crippen LogP contribution in [-0.4, -0.2) is 54.2 Å². The molecular formula is C28H34N2O5. The predicted molar refractivity (Wildman–Crippen MR) is 133 cm³/mol. The highest BCUT2D eigenvalue weighted by molar-refractivity contribution is 5.79. The number of fused-ring (bicyclic) bond motifs is 3. The third-order valence-corrected chi connectivity index (χ3v) is 7.23. The van der Waals surface area contributed by atoms with Crippen LogP contribution in [0.2, 0.25) is 0 Å². The first-order valence-electron chi connectivity index (χ1n) is 12.5. The molecule has 2 N–H and O–H groups in total. The lowest BCUT2D eigenvalue weighted by molar-refractivity contribution is -0.137. The van der Waals surface area contributed by atoms with E-state index in [1.165, 1.54) is 22.3 Å². The van der Waals surface area contributed by atoms with Crippen molar-refractivity contribution < 1.29 is 24.2 Å². The lowest BCUT2D eigenvalue weighted by Gasteiger charge is -2.19. The molecule has 0 heterocycles. The second kappa shape index (κ2) is 11.4. The van der Waals surface area contributed by atoms with E-state index in [9.17, 15) is 14.4 Å². The zero-order chi connectivity index (χ0) is 24.8. The van der Waals surface area contributed by atoms with Crippen LogP contribution in [0.15, 0.2) is 48.5 Å². The van der Waals surface area contributed by atoms with Gasteiger partial charge >= 0.3 is 12.1 Å². The average molecular weight is 479 g/mol. The molecule has 0 bridgehead atoms. The minimum absolute atomic E-state index is 0.0179. The summed E-state index contributed by atoms with van der Waals surface area (Å²) in [7, 11) is 1.77. The highest BCUT2D eigenvalue weighted by Crippen LogP contribution is 2.44. The zero-order valence-electron chi connectivity index (χ0n) is 20.2. The number of unbranched alkanes of at least 4 members (excludes halogenated alkanes) is 1. The van der Waals surface area contributed by atoms with Gasteiger partial charge in [0.15, 0.2) is 0 Å². The fraction of sp³-hybridized carbons (Fsp3) is 0.464. The third-order valence-electron chi connectivity index (χ3n) is 7.23. The summed E-state index contributed by atoms with van der Waals surface area (Å²) in [4.78, 5) is 37.4. The molecule has 2 aliphatic rings. The number of nitrogens with one attached hydrogen (secondary N) is 1. The van der Waals surface area contributed by atoms with Gasteiger partial charge in [-0.25, -0.2) is 4.79 Å². The lowest BCUT2D eigenvalue weighted by atomic mass is 9.98. The number of alkyl carbamates (subject to hydrolysis) is 1. The van der Waals surface area contributed by atoms with Crippen LogP contribution in [0.3, 0.4) is 0 Å². The maximum Gasteiger partial charge on any atom is 0.407 e. The normalized spacial score (nSPS) is 18.5. The van der Waals surface area contributed by atoms with E-state index < -0.39 is 12.1 Å². The van der Waals surface area contributed by atoms with Crippen LogP contribution < -0.4 is 5.32 Å². The Morgan fingerprint density at radius 1 is 1.00 bits per heavy atom. The maximum atomic E-state index is 12.6. The van der Waals surface area contributed by atoms with Crippen LogP contribution in [-0.2, 0) is 14.3 Å². The SMILES string of the molecule is CN(CCCCC(=O)O)C(=O)C[C@H]1CC[C@@H](NC(=O)OCC2c3ccccc3-c3ccccc32)C1. The molecule has 1 fully saturated rings. The molecule has 0 radical (unpaired) electrons. The van der Waals surface area contributed by atoms with E-state index in [-0.39, 0.29) is 30.2 Å². The molecule has 4 rings (SSSR count). The number of rotatable bonds is 10. The molecule has 2 aliphatic carbocycles. The summed E-state index contributed by atoms with van der Waals surface area (Å²) in [5.41, 5.74) is 4.78. The first-order valence-corrected chi connectivity index (χ1v) is 12.5. The van der Waals surface area contributed by atoms with Gasteiger partial charge in [-0.15, -0.1) is 0 Å². The number of hydrogen-bond acceptors (Lipinski definition) is 4. The standard InChI is InChI=1S/C28H34N2O5/c1-30(15-7-6-12-27(32)33)26(31)17-19-13-14-20(16-19)29-28(34)35-18-25-23-10-4-2-8-21(23)22-9-3-5-11-24(22)25/h2-5,8-11,19-20,25H,6-7,12-18H2,1H3,(H,29,34)(H,32,33)/t19-,20+/m0/s1. The second-order valence-electron chi connectivity index (χ2n) is 9.72. The van der Waals surface area contributed by atoms with Crippen molar-refractivity contribution in [2.75, 3.05) is 20.2 Å². The van der Waals surface area contributed by atoms with E-state index in [0.717, 1.165) is 19.3 Å². The molecule has 2 atom stereocenters. The van der Waals surface area contributed by atoms with Gasteiger partial charge in [0.1, 0.15) is 6.61 Å². The molecule has 2 amide bonds. The fourth-order valence-corrected chi connectivity index (χ4v) is 5.35. The molecule has 7 nitrogen and oxygen atoms in total. The van der Waals surface area contributed by atoms with Gasteiger partial charge in [-0.1, -0.05) is 48.5 Å². The Labute approximate surface area is 206 Å². The van der Waals surface area contributed by atoms with E-state index in [0.29, 0.717) is 32.4 Å². The number of carboxylic acids is 1. The van der Waals surface area contributed by atoms with E-state index in [2.05, 4.69) is 29.6 Å². The molecule has 186 valence electrons. The number of benzene rings is 2. The Hall–Kier alpha value is -3.35. The number of aliphatic carboxylic acids is 1. The van der Waals surface area contributed by atoms with Gasteiger partial charge in [0, 0.05) is 38.4 Å². The number of ether oxygens (including phenoxy) is 1. The number of hydrogen-bond donors (Lipinski definition) is 2. The first kappa shape index (κ1) is 24.8. The van der Waals surface area contributed by atoms with Gasteiger partial charge < -0.3 is 20.1 Å². The van der Waals surface area contributed by atoms with Crippen LogP contribution in [0, 0.1) is 5.92 Å². The summed E-state index contributed by atoms with van der Waals surface area (Å²) in [6.45, 7) is 0.863. The highest BCUT2D eigenvalue weighted by atomic mass is 16.5. The molecule has 1 saturated carbocycles. The van der Waals surface area contributed by atoms with E-state index in [1.54, 1.807) is 11.9 Å². The van der Waals surface area contributed by atoms with Crippen molar-refractivity contribution in [1.29, 1.82) is 0 Å². The van der Waals surface area contributed by atoms with Crippen molar-refractivity contribution in [2.45, 2.75) is 56.9 Å². The van der Waals surface area contributed by atoms with Gasteiger partial charge in [-0.3, -0.25) is 9.59 Å². The Kier molecular flexibility index (Phi) is 8.06. The number of amides is 2. The fourth-order valence-electron chi connectivity index (χ4n) is 5.35. The number of carboxylic acid groups (broad SMARTS) is 1. The quantitative estimate of drug-likeness (QED) is 0.479. The lowest BCUT2D eigenvalue weighted by Crippen LogP contribution is -2.34. The average Bonchev–Trinajstić information content (AvgIpc) is 3.42. The summed E-state index contributed by atoms with van der Waals surface area (Å²) in [5, 5.41) is 11.7. The first-order chi connectivity index (χ1) is 16.9. The second-order valence-corrected chi connectivity index (χ2v) is 9.72. The van der Waals surface area contributed by atoms with Crippen molar-refractivity contribution in [3.63, 3.8) is 0 Å². The topological polar surface area (TPSA) is 95.9 Å². The van der Waals surface area contributed by atoms with Crippen LogP contribution in [0.25, 0.3) is 11.1 Å². The molecule has 0 spiro atoms. The summed E-state index contributed by atoms with van der Waals surface area (Å²) >= 11 is 0. The molecule has 0 unspecified atom stereocenters. The van der Waals surface area contributed by atoms with Crippen molar-refractivity contribution in [1.82, 2.24) is 10.2 Å². The smallest absolute Gasteiger partial charge is 0.407 e. The third kappa shape index (κ3) is 6.21. The van der Waals surface area contributed by atoms with Gasteiger partial charge in [-0.2, -0.15) is 0 Å². The Balaban J connectivity index is 1.20. The maximum absolute atomic E-state index is 12.6. The molecule has 0 aromatic heterocycles. The molecular weight excluding hydrogens is 444 g/mol. The molecule has 35 heavy (non-hydrogen) atoms. The molecule has 2 aromatic carbocycles. The Morgan fingerprint density at radius 3 is 2.31 bits per heavy atom. The van der Waals surface area contributed by atoms with E-state index >= 15 is 0 Å². The molecule has 2 aromatic rings. The van der Waals surface area contributed by atoms with Crippen molar-refractivity contribution >= 4 is 18.0 Å². The number of carbonyl (C=O) groups excluding carboxylic acids is 2. The summed E-state index contributed by atoms with van der Waals surface area (Å²) in [5.74, 6) is -0.456. The predicted octanol–water partition coefficient (Wildman–Crippen LogP) is 4.80. The number of carbonyl (C=O) groups is 3. The van der Waals surface area contributed by atoms with Gasteiger partial charge in [0.25, 0.3) is 0 Å². The van der Waals surface area contributed by atoms with Crippen molar-refractivity contribution in [3.05, 3.63) is 59.7 Å². The molecule has 7 heteroatoms. The Bertz CT molecular complexity index is 1020. The zero-order valence-corrected chi connectivity index (χ0v) is 20.2. The number of nitrogens with zero attached hydrogens (tertiary/aromatic N) is 1. The minimum atomic E-state index is -0.806. The molecule has 0 saturated heterocycles. The molecule has 0 aliphatic heterocycles. The highest BCUT2D eigenvalue weighted by Gasteiger charge is 2.31. The minimum Gasteiger partial charge on any atom is -0.481 e. The summed E-state index contributed by atoms with van der Waals surface area (Å²) < 4.78 is 5.66. The van der Waals surface area contributed by atoms with Crippen LogP contribution in [0.5, 0.6) is 0 Å². The van der Waals surface area contributed by atoms with Crippen LogP contribution in [0.4, 0.5) is 4.79 Å². The van der Waals surface area contributed by atoms with Crippen molar-refractivity contribution in [3.8, 4) is 11.1 Å². The summed E-state index contributed by atoms with van der Waals surface area (Å²) in [6.07, 6.45) is 3.94. The van der Waals surface area contributed by atoms with Gasteiger partial charge in [0.2, 0.25) is 5.91 Å². The summed E-state index contributed by atoms with van der Waals surface area (Å²) in [6, 6.07) is 16.5. The van der Waals surface area contributed by atoms with Crippen molar-refractivity contribution in [2.24, 2.45) is 5.92 Å². The van der Waals surface area contributed by atoms with Crippen LogP contribution >= 0.6 is 0 Å². The largest absolute Gasteiger partial charge is 0.481 e. The van der Waals surface area contributed by atoms with Gasteiger partial charge in [-0.05, 0) is 60.3 Å². The Morgan fingerprint density at radius 2 is 1.66 bits per heavy atom. The van der Waals surface area contributed by atoms with E-state index in [1.807, 2.05) is 24.3 Å². The van der Waals surface area contributed by atoms with Crippen LogP contribution in [0.1, 0.15) is 62.0 Å². The van der Waals surface area contributed by atoms with E-state index in [4.69, 9.17) is 9.84 Å². The van der Waals surface area contributed by atoms with Gasteiger partial charge in [0.05, 0.1) is 0 Å². The monoisotopic (exact) mass is 478 g/mol.